The standard InChI is InChI=1S/C22H24N2O4/c1-16(25)17-8-4-9-20(12-17)28-15-21(26)23-11-5-10-22(27)24-13-18-6-2-3-7-19(18)14-24/h2-4,6-9,12H,5,10-11,13-15H2,1H3,(H,23,26). The second-order valence-corrected chi connectivity index (χ2v) is 6.84. The van der Waals surface area contributed by atoms with E-state index in [0.717, 1.165) is 0 Å². The van der Waals surface area contributed by atoms with Gasteiger partial charge >= 0.3 is 0 Å². The molecule has 0 atom stereocenters. The van der Waals surface area contributed by atoms with Crippen molar-refractivity contribution < 1.29 is 19.1 Å². The van der Waals surface area contributed by atoms with E-state index in [4.69, 9.17) is 4.74 Å². The van der Waals surface area contributed by atoms with Crippen molar-refractivity contribution in [2.75, 3.05) is 13.2 Å². The van der Waals surface area contributed by atoms with Gasteiger partial charge < -0.3 is 15.0 Å². The van der Waals surface area contributed by atoms with Gasteiger partial charge in [-0.1, -0.05) is 36.4 Å². The van der Waals surface area contributed by atoms with Crippen molar-refractivity contribution in [3.05, 3.63) is 65.2 Å². The Morgan fingerprint density at radius 2 is 1.75 bits per heavy atom. The summed E-state index contributed by atoms with van der Waals surface area (Å²) in [5.74, 6) is 0.268. The molecule has 0 saturated carbocycles. The van der Waals surface area contributed by atoms with Gasteiger partial charge in [-0.15, -0.1) is 0 Å². The summed E-state index contributed by atoms with van der Waals surface area (Å²) >= 11 is 0. The van der Waals surface area contributed by atoms with Crippen molar-refractivity contribution in [3.8, 4) is 5.75 Å². The van der Waals surface area contributed by atoms with Gasteiger partial charge in [-0.2, -0.15) is 0 Å². The molecule has 1 heterocycles. The minimum absolute atomic E-state index is 0.0549. The molecule has 6 heteroatoms. The van der Waals surface area contributed by atoms with Crippen LogP contribution in [0.5, 0.6) is 5.75 Å². The smallest absolute Gasteiger partial charge is 0.257 e. The third kappa shape index (κ3) is 5.19. The van der Waals surface area contributed by atoms with Crippen LogP contribution in [0.3, 0.4) is 0 Å². The molecular formula is C22H24N2O4. The lowest BCUT2D eigenvalue weighted by Gasteiger charge is -2.15. The summed E-state index contributed by atoms with van der Waals surface area (Å²) in [6.45, 7) is 3.09. The molecule has 0 bridgehead atoms. The average Bonchev–Trinajstić information content (AvgIpc) is 3.14. The number of hydrogen-bond donors (Lipinski definition) is 1. The number of benzene rings is 2. The minimum atomic E-state index is -0.255. The van der Waals surface area contributed by atoms with Crippen LogP contribution in [0.15, 0.2) is 48.5 Å². The molecular weight excluding hydrogens is 356 g/mol. The van der Waals surface area contributed by atoms with Gasteiger partial charge in [0.05, 0.1) is 0 Å². The summed E-state index contributed by atoms with van der Waals surface area (Å²) in [6, 6.07) is 14.8. The quantitative estimate of drug-likeness (QED) is 0.564. The molecule has 1 N–H and O–H groups in total. The highest BCUT2D eigenvalue weighted by Crippen LogP contribution is 2.22. The maximum Gasteiger partial charge on any atom is 0.257 e. The highest BCUT2D eigenvalue weighted by molar-refractivity contribution is 5.94. The van der Waals surface area contributed by atoms with Crippen LogP contribution in [0.2, 0.25) is 0 Å². The van der Waals surface area contributed by atoms with Gasteiger partial charge in [0.2, 0.25) is 5.91 Å². The van der Waals surface area contributed by atoms with Gasteiger partial charge in [0, 0.05) is 31.6 Å². The molecule has 146 valence electrons. The van der Waals surface area contributed by atoms with Crippen LogP contribution < -0.4 is 10.1 Å². The number of Topliss-reactive ketones (excluding diaryl/α,β-unsaturated/α-hetero) is 1. The van der Waals surface area contributed by atoms with Gasteiger partial charge in [-0.05, 0) is 36.6 Å². The third-order valence-corrected chi connectivity index (χ3v) is 4.69. The molecule has 0 aliphatic carbocycles. The van der Waals surface area contributed by atoms with Crippen LogP contribution in [-0.4, -0.2) is 35.6 Å². The summed E-state index contributed by atoms with van der Waals surface area (Å²) < 4.78 is 5.41. The number of nitrogens with one attached hydrogen (secondary N) is 1. The van der Waals surface area contributed by atoms with E-state index >= 15 is 0 Å². The van der Waals surface area contributed by atoms with Crippen molar-refractivity contribution in [3.63, 3.8) is 0 Å². The van der Waals surface area contributed by atoms with Crippen LogP contribution in [0.25, 0.3) is 0 Å². The Morgan fingerprint density at radius 1 is 1.04 bits per heavy atom. The monoisotopic (exact) mass is 380 g/mol. The molecule has 0 radical (unpaired) electrons. The van der Waals surface area contributed by atoms with Crippen molar-refractivity contribution in [1.29, 1.82) is 0 Å². The Labute approximate surface area is 164 Å². The molecule has 0 spiro atoms. The molecule has 0 saturated heterocycles. The van der Waals surface area contributed by atoms with E-state index in [1.807, 2.05) is 17.0 Å². The zero-order valence-corrected chi connectivity index (χ0v) is 15.9. The summed E-state index contributed by atoms with van der Waals surface area (Å²) in [4.78, 5) is 37.4. The zero-order valence-electron chi connectivity index (χ0n) is 15.9. The van der Waals surface area contributed by atoms with E-state index in [2.05, 4.69) is 17.4 Å². The SMILES string of the molecule is CC(=O)c1cccc(OCC(=O)NCCCC(=O)N2Cc3ccccc3C2)c1. The van der Waals surface area contributed by atoms with Gasteiger partial charge in [0.15, 0.2) is 12.4 Å². The van der Waals surface area contributed by atoms with Crippen LogP contribution in [0.4, 0.5) is 0 Å². The van der Waals surface area contributed by atoms with Crippen LogP contribution >= 0.6 is 0 Å². The summed E-state index contributed by atoms with van der Waals surface area (Å²) in [5, 5.41) is 2.75. The van der Waals surface area contributed by atoms with Crippen LogP contribution in [0.1, 0.15) is 41.3 Å². The molecule has 2 aromatic carbocycles. The summed E-state index contributed by atoms with van der Waals surface area (Å²) in [5.41, 5.74) is 2.95. The average molecular weight is 380 g/mol. The zero-order chi connectivity index (χ0) is 19.9. The molecule has 1 aliphatic rings. The number of hydrogen-bond acceptors (Lipinski definition) is 4. The Balaban J connectivity index is 1.33. The van der Waals surface area contributed by atoms with E-state index in [0.29, 0.717) is 43.8 Å². The van der Waals surface area contributed by atoms with Crippen molar-refractivity contribution in [2.24, 2.45) is 0 Å². The molecule has 28 heavy (non-hydrogen) atoms. The normalized spacial score (nSPS) is 12.4. The number of nitrogens with zero attached hydrogens (tertiary/aromatic N) is 1. The maximum absolute atomic E-state index is 12.3. The second-order valence-electron chi connectivity index (χ2n) is 6.84. The number of ether oxygens (including phenoxy) is 1. The number of fused-ring (bicyclic) bond motifs is 1. The van der Waals surface area contributed by atoms with Gasteiger partial charge in [0.1, 0.15) is 5.75 Å². The fourth-order valence-electron chi connectivity index (χ4n) is 3.14. The lowest BCUT2D eigenvalue weighted by Crippen LogP contribution is -2.31. The summed E-state index contributed by atoms with van der Waals surface area (Å²) in [6.07, 6.45) is 0.979. The Morgan fingerprint density at radius 3 is 2.43 bits per heavy atom. The van der Waals surface area contributed by atoms with Crippen molar-refractivity contribution >= 4 is 17.6 Å². The van der Waals surface area contributed by atoms with E-state index in [9.17, 15) is 14.4 Å². The molecule has 0 aromatic heterocycles. The number of carbonyl (C=O) groups excluding carboxylic acids is 3. The van der Waals surface area contributed by atoms with Gasteiger partial charge in [0.25, 0.3) is 5.91 Å². The summed E-state index contributed by atoms with van der Waals surface area (Å²) in [7, 11) is 0. The predicted octanol–water partition coefficient (Wildman–Crippen LogP) is 2.71. The van der Waals surface area contributed by atoms with E-state index < -0.39 is 0 Å². The Hall–Kier alpha value is -3.15. The number of amides is 2. The molecule has 3 rings (SSSR count). The molecule has 1 aliphatic heterocycles. The highest BCUT2D eigenvalue weighted by atomic mass is 16.5. The molecule has 0 unspecified atom stereocenters. The molecule has 0 fully saturated rings. The minimum Gasteiger partial charge on any atom is -0.484 e. The fraction of sp³-hybridized carbons (Fsp3) is 0.318. The molecule has 6 nitrogen and oxygen atoms in total. The van der Waals surface area contributed by atoms with Crippen LogP contribution in [-0.2, 0) is 22.7 Å². The maximum atomic E-state index is 12.3. The predicted molar refractivity (Wildman–Crippen MR) is 105 cm³/mol. The Bertz CT molecular complexity index is 853. The van der Waals surface area contributed by atoms with E-state index in [1.165, 1.54) is 18.1 Å². The van der Waals surface area contributed by atoms with Gasteiger partial charge in [-0.25, -0.2) is 0 Å². The lowest BCUT2D eigenvalue weighted by atomic mass is 10.1. The second kappa shape index (κ2) is 9.17. The first kappa shape index (κ1) is 19.6. The third-order valence-electron chi connectivity index (χ3n) is 4.69. The topological polar surface area (TPSA) is 75.7 Å². The first-order valence-electron chi connectivity index (χ1n) is 9.38. The van der Waals surface area contributed by atoms with Crippen molar-refractivity contribution in [2.45, 2.75) is 32.9 Å². The largest absolute Gasteiger partial charge is 0.484 e. The van der Waals surface area contributed by atoms with Crippen LogP contribution in [0, 0.1) is 0 Å². The van der Waals surface area contributed by atoms with E-state index in [1.54, 1.807) is 24.3 Å². The van der Waals surface area contributed by atoms with Gasteiger partial charge in [-0.3, -0.25) is 14.4 Å². The first-order valence-corrected chi connectivity index (χ1v) is 9.38. The number of rotatable bonds is 8. The van der Waals surface area contributed by atoms with E-state index in [-0.39, 0.29) is 24.2 Å². The van der Waals surface area contributed by atoms with Crippen molar-refractivity contribution in [1.82, 2.24) is 10.2 Å². The molecule has 2 aromatic rings. The number of ketones is 1. The highest BCUT2D eigenvalue weighted by Gasteiger charge is 2.22. The molecule has 2 amide bonds. The lowest BCUT2D eigenvalue weighted by molar-refractivity contribution is -0.132. The Kier molecular flexibility index (Phi) is 6.42. The fourth-order valence-corrected chi connectivity index (χ4v) is 3.14. The number of carbonyl (C=O) groups is 3. The first-order chi connectivity index (χ1) is 13.5.